The summed E-state index contributed by atoms with van der Waals surface area (Å²) < 4.78 is 7.60. The number of halogens is 2. The third-order valence-corrected chi connectivity index (χ3v) is 5.71. The Kier molecular flexibility index (Phi) is 4.97. The Hall–Kier alpha value is -1.07. The number of nitrogens with zero attached hydrogens (tertiary/aromatic N) is 1. The fraction of sp³-hybridized carbons (Fsp3) is 0.222. The van der Waals surface area contributed by atoms with Crippen LogP contribution in [0.5, 0.6) is 5.75 Å². The van der Waals surface area contributed by atoms with Gasteiger partial charge in [0.05, 0.1) is 3.79 Å². The van der Waals surface area contributed by atoms with Gasteiger partial charge >= 0.3 is 0 Å². The van der Waals surface area contributed by atoms with E-state index < -0.39 is 0 Å². The number of ether oxygens (including phenoxy) is 1. The second-order valence-corrected chi connectivity index (χ2v) is 8.23. The molecule has 120 valence electrons. The molecule has 1 aliphatic rings. The number of hydrogen-bond acceptors (Lipinski definition) is 3. The van der Waals surface area contributed by atoms with E-state index in [2.05, 4.69) is 76.4 Å². The molecule has 0 amide bonds. The number of hydrogen-bond donors (Lipinski definition) is 0. The molecule has 0 spiro atoms. The van der Waals surface area contributed by atoms with Gasteiger partial charge in [0.15, 0.2) is 0 Å². The van der Waals surface area contributed by atoms with Crippen LogP contribution in [0.15, 0.2) is 52.3 Å². The van der Waals surface area contributed by atoms with Crippen molar-refractivity contribution in [3.63, 3.8) is 0 Å². The topological polar surface area (TPSA) is 12.5 Å². The third kappa shape index (κ3) is 3.26. The van der Waals surface area contributed by atoms with E-state index >= 15 is 0 Å². The van der Waals surface area contributed by atoms with Gasteiger partial charge in [0.25, 0.3) is 0 Å². The van der Waals surface area contributed by atoms with Crippen molar-refractivity contribution in [3.8, 4) is 5.75 Å². The lowest BCUT2D eigenvalue weighted by Gasteiger charge is -2.30. The second-order valence-electron chi connectivity index (χ2n) is 5.71. The molecule has 1 unspecified atom stereocenters. The van der Waals surface area contributed by atoms with Crippen molar-refractivity contribution in [2.24, 2.45) is 0 Å². The lowest BCUT2D eigenvalue weighted by Crippen LogP contribution is -2.32. The van der Waals surface area contributed by atoms with Crippen LogP contribution in [-0.4, -0.2) is 18.5 Å². The third-order valence-electron chi connectivity index (χ3n) is 4.07. The van der Waals surface area contributed by atoms with E-state index in [1.807, 2.05) is 0 Å². The molecule has 0 radical (unpaired) electrons. The monoisotopic (exact) mass is 409 g/mol. The SMILES string of the molecule is CN1Cc2sc(Br)cc2C(Oc2cccc3ccccc23)C1.Cl. The van der Waals surface area contributed by atoms with E-state index in [1.54, 1.807) is 11.3 Å². The van der Waals surface area contributed by atoms with Crippen molar-refractivity contribution in [2.75, 3.05) is 13.6 Å². The minimum Gasteiger partial charge on any atom is -0.484 e. The van der Waals surface area contributed by atoms with Gasteiger partial charge in [0, 0.05) is 28.9 Å². The van der Waals surface area contributed by atoms with Crippen molar-refractivity contribution < 1.29 is 4.74 Å². The van der Waals surface area contributed by atoms with Gasteiger partial charge in [-0.2, -0.15) is 0 Å². The van der Waals surface area contributed by atoms with Crippen LogP contribution in [0.25, 0.3) is 10.8 Å². The van der Waals surface area contributed by atoms with Crippen molar-refractivity contribution in [3.05, 3.63) is 62.8 Å². The Morgan fingerprint density at radius 1 is 1.17 bits per heavy atom. The summed E-state index contributed by atoms with van der Waals surface area (Å²) in [5.41, 5.74) is 1.32. The highest BCUT2D eigenvalue weighted by molar-refractivity contribution is 9.11. The Labute approximate surface area is 154 Å². The summed E-state index contributed by atoms with van der Waals surface area (Å²) in [6, 6.07) is 16.9. The summed E-state index contributed by atoms with van der Waals surface area (Å²) in [5, 5.41) is 2.39. The van der Waals surface area contributed by atoms with Crippen molar-refractivity contribution in [1.29, 1.82) is 0 Å². The van der Waals surface area contributed by atoms with Gasteiger partial charge in [-0.1, -0.05) is 36.4 Å². The Balaban J connectivity index is 0.00000156. The van der Waals surface area contributed by atoms with Crippen LogP contribution in [-0.2, 0) is 6.54 Å². The molecule has 4 rings (SSSR count). The lowest BCUT2D eigenvalue weighted by atomic mass is 10.1. The summed E-state index contributed by atoms with van der Waals surface area (Å²) in [7, 11) is 2.15. The Morgan fingerprint density at radius 3 is 2.83 bits per heavy atom. The number of rotatable bonds is 2. The summed E-state index contributed by atoms with van der Waals surface area (Å²) >= 11 is 5.42. The van der Waals surface area contributed by atoms with E-state index in [4.69, 9.17) is 4.74 Å². The molecular weight excluding hydrogens is 394 g/mol. The number of fused-ring (bicyclic) bond motifs is 2. The van der Waals surface area contributed by atoms with Crippen molar-refractivity contribution in [2.45, 2.75) is 12.6 Å². The number of benzene rings is 2. The first-order valence-corrected chi connectivity index (χ1v) is 8.93. The van der Waals surface area contributed by atoms with E-state index in [9.17, 15) is 0 Å². The highest BCUT2D eigenvalue weighted by Gasteiger charge is 2.27. The molecule has 3 aromatic rings. The van der Waals surface area contributed by atoms with Gasteiger partial charge in [-0.3, -0.25) is 4.90 Å². The summed E-state index contributed by atoms with van der Waals surface area (Å²) in [6.07, 6.45) is 0.0853. The average molecular weight is 411 g/mol. The van der Waals surface area contributed by atoms with E-state index in [0.717, 1.165) is 18.8 Å². The maximum absolute atomic E-state index is 6.42. The zero-order valence-corrected chi connectivity index (χ0v) is 15.9. The lowest BCUT2D eigenvalue weighted by molar-refractivity contribution is 0.132. The maximum Gasteiger partial charge on any atom is 0.138 e. The van der Waals surface area contributed by atoms with Crippen LogP contribution < -0.4 is 4.74 Å². The molecule has 0 saturated heterocycles. The normalized spacial score (nSPS) is 17.6. The summed E-state index contributed by atoms with van der Waals surface area (Å²) in [5.74, 6) is 0.965. The molecule has 1 atom stereocenters. The molecule has 2 nitrogen and oxygen atoms in total. The first-order valence-electron chi connectivity index (χ1n) is 7.32. The largest absolute Gasteiger partial charge is 0.484 e. The smallest absolute Gasteiger partial charge is 0.138 e. The van der Waals surface area contributed by atoms with E-state index in [1.165, 1.54) is 25.0 Å². The Morgan fingerprint density at radius 2 is 1.96 bits per heavy atom. The predicted octanol–water partition coefficient (Wildman–Crippen LogP) is 5.65. The van der Waals surface area contributed by atoms with Crippen LogP contribution in [0, 0.1) is 0 Å². The molecule has 0 N–H and O–H groups in total. The van der Waals surface area contributed by atoms with Gasteiger partial charge in [-0.25, -0.2) is 0 Å². The molecule has 1 aromatic heterocycles. The van der Waals surface area contributed by atoms with Crippen LogP contribution in [0.1, 0.15) is 16.5 Å². The van der Waals surface area contributed by atoms with Gasteiger partial charge in [-0.15, -0.1) is 23.7 Å². The van der Waals surface area contributed by atoms with Crippen molar-refractivity contribution >= 4 is 50.4 Å². The predicted molar refractivity (Wildman–Crippen MR) is 103 cm³/mol. The molecule has 5 heteroatoms. The molecule has 2 heterocycles. The van der Waals surface area contributed by atoms with Crippen LogP contribution >= 0.6 is 39.7 Å². The highest BCUT2D eigenvalue weighted by atomic mass is 79.9. The number of likely N-dealkylation sites (N-methyl/N-ethyl adjacent to an activating group) is 1. The fourth-order valence-electron chi connectivity index (χ4n) is 3.05. The van der Waals surface area contributed by atoms with Crippen LogP contribution in [0.4, 0.5) is 0 Å². The standard InChI is InChI=1S/C18H16BrNOS.ClH/c1-20-10-16(14-9-18(19)22-17(14)11-20)21-15-8-4-6-12-5-2-3-7-13(12)15;/h2-9,16H,10-11H2,1H3;1H. The molecule has 0 fully saturated rings. The van der Waals surface area contributed by atoms with Gasteiger partial charge in [-0.05, 0) is 40.5 Å². The van der Waals surface area contributed by atoms with Crippen molar-refractivity contribution in [1.82, 2.24) is 4.90 Å². The van der Waals surface area contributed by atoms with Gasteiger partial charge < -0.3 is 4.74 Å². The molecule has 2 aromatic carbocycles. The summed E-state index contributed by atoms with van der Waals surface area (Å²) in [4.78, 5) is 3.71. The Bertz CT molecular complexity index is 830. The van der Waals surface area contributed by atoms with Gasteiger partial charge in [0.1, 0.15) is 11.9 Å². The van der Waals surface area contributed by atoms with Crippen LogP contribution in [0.2, 0.25) is 0 Å². The summed E-state index contributed by atoms with van der Waals surface area (Å²) in [6.45, 7) is 1.92. The molecule has 0 saturated carbocycles. The number of thiophene rings is 1. The zero-order valence-electron chi connectivity index (χ0n) is 12.7. The average Bonchev–Trinajstić information content (AvgIpc) is 2.88. The molecule has 0 aliphatic carbocycles. The minimum absolute atomic E-state index is 0. The van der Waals surface area contributed by atoms with Crippen LogP contribution in [0.3, 0.4) is 0 Å². The quantitative estimate of drug-likeness (QED) is 0.541. The molecule has 23 heavy (non-hydrogen) atoms. The van der Waals surface area contributed by atoms with Gasteiger partial charge in [0.2, 0.25) is 0 Å². The molecule has 1 aliphatic heterocycles. The first kappa shape index (κ1) is 16.8. The maximum atomic E-state index is 6.42. The van der Waals surface area contributed by atoms with E-state index in [0.29, 0.717) is 0 Å². The fourth-order valence-corrected chi connectivity index (χ4v) is 4.90. The highest BCUT2D eigenvalue weighted by Crippen LogP contribution is 2.39. The molecule has 0 bridgehead atoms. The first-order chi connectivity index (χ1) is 10.7. The second kappa shape index (κ2) is 6.81. The minimum atomic E-state index is 0. The zero-order chi connectivity index (χ0) is 15.1. The molecular formula is C18H17BrClNOS. The van der Waals surface area contributed by atoms with E-state index in [-0.39, 0.29) is 18.5 Å².